The summed E-state index contributed by atoms with van der Waals surface area (Å²) in [6.45, 7) is 2.74. The molecule has 0 aromatic heterocycles. The number of nitrogens with one attached hydrogen (secondary N) is 1. The van der Waals surface area contributed by atoms with Gasteiger partial charge in [0.25, 0.3) is 0 Å². The molecule has 162 valence electrons. The summed E-state index contributed by atoms with van der Waals surface area (Å²) in [5.74, 6) is 2.02. The molecule has 1 atom stereocenters. The second-order valence-electron chi connectivity index (χ2n) is 7.18. The van der Waals surface area contributed by atoms with E-state index in [0.29, 0.717) is 42.0 Å². The van der Waals surface area contributed by atoms with Gasteiger partial charge in [-0.15, -0.1) is 0 Å². The van der Waals surface area contributed by atoms with Crippen LogP contribution in [0.4, 0.5) is 0 Å². The van der Waals surface area contributed by atoms with Crippen LogP contribution in [0.2, 0.25) is 0 Å². The summed E-state index contributed by atoms with van der Waals surface area (Å²) in [4.78, 5) is 2.13. The van der Waals surface area contributed by atoms with Gasteiger partial charge in [-0.1, -0.05) is 30.3 Å². The molecule has 0 spiro atoms. The molecule has 3 rings (SSSR count). The zero-order valence-electron chi connectivity index (χ0n) is 17.8. The standard InChI is InChI=1S/C23H30N2O4S/c1-26-20-12-18(22(28-3)21(13-20)27-2)15-25(16-19-10-7-11-29-19)23(30)24-14-17-8-5-4-6-9-17/h4-6,8-9,12-13,19H,7,10-11,14-16H2,1-3H3,(H,24,30)/t19-/m0/s1. The summed E-state index contributed by atoms with van der Waals surface area (Å²) in [6.07, 6.45) is 2.29. The van der Waals surface area contributed by atoms with Gasteiger partial charge >= 0.3 is 0 Å². The first-order chi connectivity index (χ1) is 14.6. The molecule has 1 N–H and O–H groups in total. The average Bonchev–Trinajstić information content (AvgIpc) is 3.30. The molecular formula is C23H30N2O4S. The second kappa shape index (κ2) is 11.0. The van der Waals surface area contributed by atoms with Crippen LogP contribution in [0.15, 0.2) is 42.5 Å². The molecule has 2 aromatic carbocycles. The van der Waals surface area contributed by atoms with Gasteiger partial charge in [-0.25, -0.2) is 0 Å². The van der Waals surface area contributed by atoms with Crippen LogP contribution in [0, 0.1) is 0 Å². The molecule has 1 saturated heterocycles. The lowest BCUT2D eigenvalue weighted by Gasteiger charge is -2.29. The first-order valence-electron chi connectivity index (χ1n) is 10.1. The zero-order chi connectivity index (χ0) is 21.3. The molecule has 7 heteroatoms. The van der Waals surface area contributed by atoms with Crippen molar-refractivity contribution in [3.63, 3.8) is 0 Å². The Bertz CT molecular complexity index is 825. The molecule has 30 heavy (non-hydrogen) atoms. The van der Waals surface area contributed by atoms with Crippen molar-refractivity contribution in [3.05, 3.63) is 53.6 Å². The van der Waals surface area contributed by atoms with Gasteiger partial charge in [0.2, 0.25) is 0 Å². The van der Waals surface area contributed by atoms with Gasteiger partial charge < -0.3 is 29.2 Å². The van der Waals surface area contributed by atoms with Gasteiger partial charge in [-0.3, -0.25) is 0 Å². The van der Waals surface area contributed by atoms with Crippen molar-refractivity contribution < 1.29 is 18.9 Å². The molecule has 1 aliphatic heterocycles. The van der Waals surface area contributed by atoms with Crippen molar-refractivity contribution in [1.29, 1.82) is 0 Å². The highest BCUT2D eigenvalue weighted by atomic mass is 32.1. The van der Waals surface area contributed by atoms with Crippen LogP contribution >= 0.6 is 12.2 Å². The van der Waals surface area contributed by atoms with Gasteiger partial charge in [-0.05, 0) is 36.7 Å². The summed E-state index contributed by atoms with van der Waals surface area (Å²) >= 11 is 5.77. The Hall–Kier alpha value is -2.51. The third kappa shape index (κ3) is 5.77. The van der Waals surface area contributed by atoms with E-state index in [1.54, 1.807) is 21.3 Å². The molecule has 1 heterocycles. The third-order valence-electron chi connectivity index (χ3n) is 5.15. The van der Waals surface area contributed by atoms with E-state index in [9.17, 15) is 0 Å². The van der Waals surface area contributed by atoms with Crippen LogP contribution in [0.25, 0.3) is 0 Å². The third-order valence-corrected chi connectivity index (χ3v) is 5.55. The number of benzene rings is 2. The number of methoxy groups -OCH3 is 3. The summed E-state index contributed by atoms with van der Waals surface area (Å²) in [7, 11) is 4.91. The number of rotatable bonds is 9. The van der Waals surface area contributed by atoms with Crippen molar-refractivity contribution in [2.24, 2.45) is 0 Å². The zero-order valence-corrected chi connectivity index (χ0v) is 18.7. The number of ether oxygens (including phenoxy) is 4. The predicted octanol–water partition coefficient (Wildman–Crippen LogP) is 3.77. The minimum atomic E-state index is 0.167. The van der Waals surface area contributed by atoms with E-state index < -0.39 is 0 Å². The van der Waals surface area contributed by atoms with Crippen molar-refractivity contribution in [1.82, 2.24) is 10.2 Å². The SMILES string of the molecule is COc1cc(CN(C[C@@H]2CCCO2)C(=S)NCc2ccccc2)c(OC)c(OC)c1. The van der Waals surface area contributed by atoms with Crippen LogP contribution in [0.3, 0.4) is 0 Å². The Morgan fingerprint density at radius 1 is 1.13 bits per heavy atom. The Labute approximate surface area is 184 Å². The number of nitrogens with zero attached hydrogens (tertiary/aromatic N) is 1. The highest BCUT2D eigenvalue weighted by Gasteiger charge is 2.23. The molecule has 1 aliphatic rings. The summed E-state index contributed by atoms with van der Waals surface area (Å²) in [5.41, 5.74) is 2.12. The van der Waals surface area contributed by atoms with Gasteiger partial charge in [0.15, 0.2) is 16.6 Å². The van der Waals surface area contributed by atoms with E-state index >= 15 is 0 Å². The maximum absolute atomic E-state index is 5.87. The highest BCUT2D eigenvalue weighted by Crippen LogP contribution is 2.36. The van der Waals surface area contributed by atoms with E-state index in [0.717, 1.165) is 25.0 Å². The van der Waals surface area contributed by atoms with Crippen LogP contribution < -0.4 is 19.5 Å². The Morgan fingerprint density at radius 2 is 1.93 bits per heavy atom. The molecule has 0 radical (unpaired) electrons. The van der Waals surface area contributed by atoms with Crippen molar-refractivity contribution >= 4 is 17.3 Å². The minimum Gasteiger partial charge on any atom is -0.497 e. The van der Waals surface area contributed by atoms with Crippen LogP contribution in [-0.2, 0) is 17.8 Å². The second-order valence-corrected chi connectivity index (χ2v) is 7.57. The predicted molar refractivity (Wildman–Crippen MR) is 121 cm³/mol. The summed E-state index contributed by atoms with van der Waals surface area (Å²) in [6, 6.07) is 14.0. The lowest BCUT2D eigenvalue weighted by Crippen LogP contribution is -2.42. The first-order valence-corrected chi connectivity index (χ1v) is 10.5. The van der Waals surface area contributed by atoms with Gasteiger partial charge in [0.1, 0.15) is 5.75 Å². The lowest BCUT2D eigenvalue weighted by atomic mass is 10.1. The Balaban J connectivity index is 1.80. The monoisotopic (exact) mass is 430 g/mol. The molecular weight excluding hydrogens is 400 g/mol. The fourth-order valence-electron chi connectivity index (χ4n) is 3.59. The van der Waals surface area contributed by atoms with E-state index in [-0.39, 0.29) is 6.10 Å². The van der Waals surface area contributed by atoms with Crippen molar-refractivity contribution in [2.45, 2.75) is 32.0 Å². The Kier molecular flexibility index (Phi) is 8.16. The molecule has 0 aliphatic carbocycles. The highest BCUT2D eigenvalue weighted by molar-refractivity contribution is 7.80. The van der Waals surface area contributed by atoms with E-state index in [2.05, 4.69) is 22.3 Å². The fourth-order valence-corrected chi connectivity index (χ4v) is 3.81. The molecule has 0 amide bonds. The van der Waals surface area contributed by atoms with Crippen LogP contribution in [-0.4, -0.2) is 50.6 Å². The number of thiocarbonyl (C=S) groups is 1. The van der Waals surface area contributed by atoms with E-state index in [1.807, 2.05) is 30.3 Å². The van der Waals surface area contributed by atoms with Crippen LogP contribution in [0.1, 0.15) is 24.0 Å². The average molecular weight is 431 g/mol. The maximum atomic E-state index is 5.87. The maximum Gasteiger partial charge on any atom is 0.169 e. The smallest absolute Gasteiger partial charge is 0.169 e. The first kappa shape index (κ1) is 22.2. The molecule has 0 unspecified atom stereocenters. The fraction of sp³-hybridized carbons (Fsp3) is 0.435. The molecule has 6 nitrogen and oxygen atoms in total. The quantitative estimate of drug-likeness (QED) is 0.608. The van der Waals surface area contributed by atoms with Crippen LogP contribution in [0.5, 0.6) is 17.2 Å². The van der Waals surface area contributed by atoms with Crippen molar-refractivity contribution in [3.8, 4) is 17.2 Å². The normalized spacial score (nSPS) is 15.5. The van der Waals surface area contributed by atoms with Crippen molar-refractivity contribution in [2.75, 3.05) is 34.5 Å². The molecule has 2 aromatic rings. The van der Waals surface area contributed by atoms with Gasteiger partial charge in [-0.2, -0.15) is 0 Å². The summed E-state index contributed by atoms with van der Waals surface area (Å²) in [5, 5.41) is 4.07. The van der Waals surface area contributed by atoms with E-state index in [4.69, 9.17) is 31.2 Å². The lowest BCUT2D eigenvalue weighted by molar-refractivity contribution is 0.0895. The minimum absolute atomic E-state index is 0.167. The Morgan fingerprint density at radius 3 is 2.57 bits per heavy atom. The largest absolute Gasteiger partial charge is 0.497 e. The molecule has 0 saturated carbocycles. The van der Waals surface area contributed by atoms with Gasteiger partial charge in [0.05, 0.1) is 27.4 Å². The number of hydrogen-bond acceptors (Lipinski definition) is 5. The molecule has 0 bridgehead atoms. The van der Waals surface area contributed by atoms with Gasteiger partial charge in [0, 0.05) is 37.9 Å². The topological polar surface area (TPSA) is 52.2 Å². The number of hydrogen-bond donors (Lipinski definition) is 1. The summed E-state index contributed by atoms with van der Waals surface area (Å²) < 4.78 is 22.5. The van der Waals surface area contributed by atoms with E-state index in [1.165, 1.54) is 5.56 Å². The molecule has 1 fully saturated rings.